The predicted molar refractivity (Wildman–Crippen MR) is 297 cm³/mol. The van der Waals surface area contributed by atoms with E-state index in [1.165, 1.54) is 64.2 Å². The fourth-order valence-electron chi connectivity index (χ4n) is 7.54. The molecule has 0 amide bonds. The summed E-state index contributed by atoms with van der Waals surface area (Å²) in [6.07, 6.45) is 76.4. The quantitative estimate of drug-likeness (QED) is 0.0262. The Morgan fingerprint density at radius 1 is 0.304 bits per heavy atom. The topological polar surface area (TPSA) is 78.9 Å². The number of rotatable bonds is 50. The van der Waals surface area contributed by atoms with Crippen LogP contribution in [0.25, 0.3) is 0 Å². The van der Waals surface area contributed by atoms with Gasteiger partial charge in [0.1, 0.15) is 13.2 Å². The lowest BCUT2D eigenvalue weighted by Crippen LogP contribution is -2.30. The van der Waals surface area contributed by atoms with E-state index >= 15 is 0 Å². The zero-order chi connectivity index (χ0) is 50.0. The second-order valence-electron chi connectivity index (χ2n) is 18.4. The van der Waals surface area contributed by atoms with Gasteiger partial charge in [-0.1, -0.05) is 220 Å². The molecule has 0 fully saturated rings. The van der Waals surface area contributed by atoms with E-state index in [0.717, 1.165) is 148 Å². The number of carbonyl (C=O) groups is 3. The van der Waals surface area contributed by atoms with Crippen LogP contribution in [0.1, 0.15) is 252 Å². The molecule has 0 aromatic heterocycles. The standard InChI is InChI=1S/C63H104O6/c1-4-7-10-13-16-19-22-25-27-29-31-33-35-38-41-44-47-50-53-56-62(65)68-59-60(58-67-61(64)55-52-49-46-43-40-37-24-21-18-15-12-9-6-3)69-63(66)57-54-51-48-45-42-39-36-34-32-30-28-26-23-20-17-14-11-8-5-2/h7-8,10-11,16-17,19-20,25-28,31-34,37,40,60H,4-6,9,12-15,18,21-24,29-30,35-36,38-39,41-59H2,1-3H3/b10-7-,11-8-,19-16-,20-17-,27-25-,28-26-,33-31-,34-32-,40-37-. The Morgan fingerprint density at radius 3 is 0.913 bits per heavy atom. The van der Waals surface area contributed by atoms with Crippen LogP contribution in [0.4, 0.5) is 0 Å². The monoisotopic (exact) mass is 957 g/mol. The van der Waals surface area contributed by atoms with Gasteiger partial charge in [0.2, 0.25) is 0 Å². The van der Waals surface area contributed by atoms with Crippen molar-refractivity contribution in [3.8, 4) is 0 Å². The molecule has 1 atom stereocenters. The van der Waals surface area contributed by atoms with Crippen molar-refractivity contribution in [3.63, 3.8) is 0 Å². The van der Waals surface area contributed by atoms with Gasteiger partial charge in [0.25, 0.3) is 0 Å². The largest absolute Gasteiger partial charge is 0.462 e. The minimum atomic E-state index is -0.800. The van der Waals surface area contributed by atoms with E-state index in [4.69, 9.17) is 14.2 Å². The fourth-order valence-corrected chi connectivity index (χ4v) is 7.54. The average Bonchev–Trinajstić information content (AvgIpc) is 3.35. The van der Waals surface area contributed by atoms with Crippen molar-refractivity contribution in [1.29, 1.82) is 0 Å². The predicted octanol–water partition coefficient (Wildman–Crippen LogP) is 19.1. The fraction of sp³-hybridized carbons (Fsp3) is 0.667. The molecule has 0 rings (SSSR count). The van der Waals surface area contributed by atoms with Crippen molar-refractivity contribution < 1.29 is 28.6 Å². The summed E-state index contributed by atoms with van der Waals surface area (Å²) >= 11 is 0. The van der Waals surface area contributed by atoms with Crippen molar-refractivity contribution in [1.82, 2.24) is 0 Å². The maximum Gasteiger partial charge on any atom is 0.306 e. The van der Waals surface area contributed by atoms with Crippen molar-refractivity contribution in [3.05, 3.63) is 109 Å². The Morgan fingerprint density at radius 2 is 0.565 bits per heavy atom. The van der Waals surface area contributed by atoms with E-state index in [1.54, 1.807) is 0 Å². The van der Waals surface area contributed by atoms with Crippen LogP contribution < -0.4 is 0 Å². The summed E-state index contributed by atoms with van der Waals surface area (Å²) in [4.78, 5) is 38.1. The van der Waals surface area contributed by atoms with Gasteiger partial charge in [0.15, 0.2) is 6.10 Å². The van der Waals surface area contributed by atoms with E-state index in [0.29, 0.717) is 19.3 Å². The molecule has 6 heteroatoms. The molecule has 0 aromatic carbocycles. The first-order valence-corrected chi connectivity index (χ1v) is 28.4. The first-order chi connectivity index (χ1) is 34.0. The highest BCUT2D eigenvalue weighted by Crippen LogP contribution is 2.14. The molecule has 0 heterocycles. The van der Waals surface area contributed by atoms with Crippen molar-refractivity contribution in [2.75, 3.05) is 13.2 Å². The number of unbranched alkanes of at least 4 members (excludes halogenated alkanes) is 21. The zero-order valence-corrected chi connectivity index (χ0v) is 44.8. The molecule has 0 N–H and O–H groups in total. The molecule has 6 nitrogen and oxygen atoms in total. The highest BCUT2D eigenvalue weighted by atomic mass is 16.6. The van der Waals surface area contributed by atoms with Crippen LogP contribution in [0.2, 0.25) is 0 Å². The molecule has 0 spiro atoms. The number of hydrogen-bond acceptors (Lipinski definition) is 6. The van der Waals surface area contributed by atoms with Crippen molar-refractivity contribution in [2.45, 2.75) is 258 Å². The number of esters is 3. The van der Waals surface area contributed by atoms with Gasteiger partial charge < -0.3 is 14.2 Å². The molecule has 69 heavy (non-hydrogen) atoms. The van der Waals surface area contributed by atoms with E-state index < -0.39 is 6.10 Å². The minimum Gasteiger partial charge on any atom is -0.462 e. The lowest BCUT2D eigenvalue weighted by atomic mass is 10.1. The van der Waals surface area contributed by atoms with Gasteiger partial charge >= 0.3 is 17.9 Å². The van der Waals surface area contributed by atoms with E-state index in [1.807, 2.05) is 0 Å². The molecule has 0 aliphatic heterocycles. The van der Waals surface area contributed by atoms with Gasteiger partial charge in [0, 0.05) is 19.3 Å². The summed E-state index contributed by atoms with van der Waals surface area (Å²) in [6, 6.07) is 0. The van der Waals surface area contributed by atoms with Crippen molar-refractivity contribution in [2.24, 2.45) is 0 Å². The maximum absolute atomic E-state index is 12.9. The lowest BCUT2D eigenvalue weighted by molar-refractivity contribution is -0.167. The molecule has 392 valence electrons. The maximum atomic E-state index is 12.9. The third-order valence-electron chi connectivity index (χ3n) is 11.7. The van der Waals surface area contributed by atoms with Crippen LogP contribution >= 0.6 is 0 Å². The number of allylic oxidation sites excluding steroid dienone is 18. The van der Waals surface area contributed by atoms with Crippen LogP contribution in [-0.4, -0.2) is 37.2 Å². The third-order valence-corrected chi connectivity index (χ3v) is 11.7. The Kier molecular flexibility index (Phi) is 53.4. The van der Waals surface area contributed by atoms with E-state index in [-0.39, 0.29) is 31.1 Å². The Hall–Kier alpha value is -3.93. The van der Waals surface area contributed by atoms with Crippen LogP contribution in [0.15, 0.2) is 109 Å². The molecule has 0 bridgehead atoms. The Balaban J connectivity index is 4.46. The highest BCUT2D eigenvalue weighted by molar-refractivity contribution is 5.71. The van der Waals surface area contributed by atoms with Gasteiger partial charge in [-0.25, -0.2) is 0 Å². The highest BCUT2D eigenvalue weighted by Gasteiger charge is 2.19. The number of ether oxygens (including phenoxy) is 3. The van der Waals surface area contributed by atoms with Crippen LogP contribution in [0, 0.1) is 0 Å². The molecule has 0 aromatic rings. The first-order valence-electron chi connectivity index (χ1n) is 28.4. The van der Waals surface area contributed by atoms with E-state index in [9.17, 15) is 14.4 Å². The Labute approximate surface area is 425 Å². The summed E-state index contributed by atoms with van der Waals surface area (Å²) < 4.78 is 16.8. The lowest BCUT2D eigenvalue weighted by Gasteiger charge is -2.18. The number of carbonyl (C=O) groups excluding carboxylic acids is 3. The normalized spacial score (nSPS) is 12.9. The summed E-state index contributed by atoms with van der Waals surface area (Å²) in [6.45, 7) is 6.37. The molecule has 0 saturated heterocycles. The van der Waals surface area contributed by atoms with Gasteiger partial charge in [0.05, 0.1) is 0 Å². The summed E-state index contributed by atoms with van der Waals surface area (Å²) in [5.41, 5.74) is 0. The second kappa shape index (κ2) is 56.7. The zero-order valence-electron chi connectivity index (χ0n) is 44.8. The van der Waals surface area contributed by atoms with E-state index in [2.05, 4.69) is 130 Å². The van der Waals surface area contributed by atoms with Crippen LogP contribution in [0.3, 0.4) is 0 Å². The van der Waals surface area contributed by atoms with Crippen LogP contribution in [-0.2, 0) is 28.6 Å². The van der Waals surface area contributed by atoms with Gasteiger partial charge in [-0.2, -0.15) is 0 Å². The van der Waals surface area contributed by atoms with Crippen molar-refractivity contribution >= 4 is 17.9 Å². The molecule has 0 radical (unpaired) electrons. The molecule has 0 aliphatic rings. The SMILES string of the molecule is CC/C=C\C/C=C\C/C=C\C/C=C\CCCCCCCCC(=O)OCC(COC(=O)CCCCC/C=C\CCCCCCCC)OC(=O)CCCCCCCC/C=C\C/C=C\C/C=C\C/C=C\CC. The average molecular weight is 958 g/mol. The Bertz CT molecular complexity index is 1420. The first kappa shape index (κ1) is 65.1. The third kappa shape index (κ3) is 54.9. The molecular weight excluding hydrogens is 853 g/mol. The van der Waals surface area contributed by atoms with Gasteiger partial charge in [-0.05, 0) is 122 Å². The minimum absolute atomic E-state index is 0.0977. The summed E-state index contributed by atoms with van der Waals surface area (Å²) in [7, 11) is 0. The second-order valence-corrected chi connectivity index (χ2v) is 18.4. The molecular formula is C63H104O6. The number of hydrogen-bond donors (Lipinski definition) is 0. The van der Waals surface area contributed by atoms with Gasteiger partial charge in [-0.3, -0.25) is 14.4 Å². The van der Waals surface area contributed by atoms with Gasteiger partial charge in [-0.15, -0.1) is 0 Å². The summed E-state index contributed by atoms with van der Waals surface area (Å²) in [5, 5.41) is 0. The molecule has 0 aliphatic carbocycles. The van der Waals surface area contributed by atoms with Crippen LogP contribution in [0.5, 0.6) is 0 Å². The smallest absolute Gasteiger partial charge is 0.306 e. The summed E-state index contributed by atoms with van der Waals surface area (Å²) in [5.74, 6) is -0.941. The molecule has 1 unspecified atom stereocenters. The molecule has 0 saturated carbocycles.